The number of carbonyl (C=O) groups is 2. The fourth-order valence-electron chi connectivity index (χ4n) is 2.13. The minimum Gasteiger partial charge on any atom is -0.372 e. The van der Waals surface area contributed by atoms with Gasteiger partial charge in [0, 0.05) is 12.6 Å². The van der Waals surface area contributed by atoms with Crippen molar-refractivity contribution in [3.8, 4) is 0 Å². The third-order valence-electron chi connectivity index (χ3n) is 3.10. The molecule has 2 atom stereocenters. The molecule has 0 saturated heterocycles. The average molecular weight is 242 g/mol. The Morgan fingerprint density at radius 1 is 1.41 bits per heavy atom. The van der Waals surface area contributed by atoms with Crippen LogP contribution in [0.1, 0.15) is 39.0 Å². The van der Waals surface area contributed by atoms with E-state index >= 15 is 0 Å². The van der Waals surface area contributed by atoms with Gasteiger partial charge in [-0.3, -0.25) is 9.59 Å². The van der Waals surface area contributed by atoms with Gasteiger partial charge in [-0.1, -0.05) is 19.8 Å². The van der Waals surface area contributed by atoms with Crippen molar-refractivity contribution in [3.63, 3.8) is 0 Å². The second-order valence-corrected chi connectivity index (χ2v) is 4.52. The van der Waals surface area contributed by atoms with Crippen molar-refractivity contribution in [2.24, 2.45) is 11.7 Å². The van der Waals surface area contributed by atoms with Crippen molar-refractivity contribution >= 4 is 11.8 Å². The van der Waals surface area contributed by atoms with Crippen LogP contribution in [-0.2, 0) is 14.3 Å². The smallest absolute Gasteiger partial charge is 0.246 e. The lowest BCUT2D eigenvalue weighted by Gasteiger charge is -2.18. The van der Waals surface area contributed by atoms with Crippen LogP contribution in [0, 0.1) is 5.92 Å². The maximum Gasteiger partial charge on any atom is 0.246 e. The van der Waals surface area contributed by atoms with Gasteiger partial charge >= 0.3 is 0 Å². The van der Waals surface area contributed by atoms with Crippen molar-refractivity contribution in [1.82, 2.24) is 5.32 Å². The van der Waals surface area contributed by atoms with E-state index in [9.17, 15) is 9.59 Å². The number of hydrogen-bond donors (Lipinski definition) is 2. The van der Waals surface area contributed by atoms with Gasteiger partial charge in [0.15, 0.2) is 0 Å². The number of nitrogens with two attached hydrogens (primary N) is 1. The maximum absolute atomic E-state index is 11.5. The van der Waals surface area contributed by atoms with Gasteiger partial charge in [-0.05, 0) is 19.3 Å². The zero-order valence-electron chi connectivity index (χ0n) is 10.4. The Kier molecular flexibility index (Phi) is 5.97. The van der Waals surface area contributed by atoms with Crippen LogP contribution >= 0.6 is 0 Å². The Balaban J connectivity index is 2.23. The van der Waals surface area contributed by atoms with Crippen molar-refractivity contribution < 1.29 is 14.3 Å². The number of hydrogen-bond acceptors (Lipinski definition) is 3. The number of unbranched alkanes of at least 4 members (excludes halogenated alkanes) is 1. The Labute approximate surface area is 102 Å². The number of carbonyl (C=O) groups excluding carboxylic acids is 2. The molecule has 0 bridgehead atoms. The summed E-state index contributed by atoms with van der Waals surface area (Å²) in [5.74, 6) is -0.687. The summed E-state index contributed by atoms with van der Waals surface area (Å²) in [6.45, 7) is 2.75. The fourth-order valence-corrected chi connectivity index (χ4v) is 2.13. The molecule has 0 radical (unpaired) electrons. The molecule has 98 valence electrons. The number of amides is 2. The predicted octanol–water partition coefficient (Wildman–Crippen LogP) is 0.573. The van der Waals surface area contributed by atoms with E-state index in [0.717, 1.165) is 32.1 Å². The summed E-state index contributed by atoms with van der Waals surface area (Å²) < 4.78 is 5.21. The van der Waals surface area contributed by atoms with Crippen molar-refractivity contribution in [2.75, 3.05) is 13.2 Å². The van der Waals surface area contributed by atoms with E-state index in [1.165, 1.54) is 0 Å². The first-order valence-electron chi connectivity index (χ1n) is 6.31. The molecule has 1 saturated carbocycles. The van der Waals surface area contributed by atoms with E-state index in [-0.39, 0.29) is 30.4 Å². The molecule has 0 aromatic heterocycles. The normalized spacial score (nSPS) is 23.6. The Hall–Kier alpha value is -1.10. The van der Waals surface area contributed by atoms with E-state index < -0.39 is 0 Å². The van der Waals surface area contributed by atoms with Crippen LogP contribution < -0.4 is 11.1 Å². The Morgan fingerprint density at radius 2 is 2.18 bits per heavy atom. The van der Waals surface area contributed by atoms with Crippen LogP contribution in [0.5, 0.6) is 0 Å². The van der Waals surface area contributed by atoms with Gasteiger partial charge in [-0.25, -0.2) is 0 Å². The monoisotopic (exact) mass is 242 g/mol. The second kappa shape index (κ2) is 7.27. The third kappa shape index (κ3) is 4.73. The lowest BCUT2D eigenvalue weighted by molar-refractivity contribution is -0.127. The van der Waals surface area contributed by atoms with Gasteiger partial charge in [0.25, 0.3) is 0 Å². The molecule has 0 aromatic carbocycles. The highest BCUT2D eigenvalue weighted by Gasteiger charge is 2.32. The van der Waals surface area contributed by atoms with Crippen LogP contribution in [0.4, 0.5) is 0 Å². The van der Waals surface area contributed by atoms with Crippen molar-refractivity contribution in [2.45, 2.75) is 45.1 Å². The second-order valence-electron chi connectivity index (χ2n) is 4.52. The van der Waals surface area contributed by atoms with E-state index in [0.29, 0.717) is 6.61 Å². The summed E-state index contributed by atoms with van der Waals surface area (Å²) in [6.07, 6.45) is 4.55. The van der Waals surface area contributed by atoms with Gasteiger partial charge in [-0.15, -0.1) is 0 Å². The topological polar surface area (TPSA) is 81.4 Å². The zero-order chi connectivity index (χ0) is 12.7. The van der Waals surface area contributed by atoms with Gasteiger partial charge < -0.3 is 15.8 Å². The van der Waals surface area contributed by atoms with E-state index in [1.807, 2.05) is 0 Å². The van der Waals surface area contributed by atoms with E-state index in [2.05, 4.69) is 12.2 Å². The predicted molar refractivity (Wildman–Crippen MR) is 64.2 cm³/mol. The summed E-state index contributed by atoms with van der Waals surface area (Å²) in [4.78, 5) is 22.7. The molecule has 0 unspecified atom stereocenters. The molecular formula is C12H22N2O3. The maximum atomic E-state index is 11.5. The van der Waals surface area contributed by atoms with Gasteiger partial charge in [0.05, 0.1) is 5.92 Å². The standard InChI is InChI=1S/C12H22N2O3/c1-2-3-7-17-8-11(15)14-10-6-4-5-9(10)12(13)16/h9-10H,2-8H2,1H3,(H2,13,16)(H,14,15)/t9-,10+/m0/s1. The SMILES string of the molecule is CCCCOCC(=O)N[C@@H]1CCC[C@@H]1C(N)=O. The summed E-state index contributed by atoms with van der Waals surface area (Å²) >= 11 is 0. The molecule has 1 aliphatic rings. The number of primary amides is 1. The van der Waals surface area contributed by atoms with Crippen molar-refractivity contribution in [1.29, 1.82) is 0 Å². The highest BCUT2D eigenvalue weighted by Crippen LogP contribution is 2.25. The van der Waals surface area contributed by atoms with Crippen LogP contribution in [0.25, 0.3) is 0 Å². The molecule has 0 aliphatic heterocycles. The summed E-state index contributed by atoms with van der Waals surface area (Å²) in [5.41, 5.74) is 5.28. The molecule has 3 N–H and O–H groups in total. The molecule has 1 rings (SSSR count). The van der Waals surface area contributed by atoms with Gasteiger partial charge in [0.1, 0.15) is 6.61 Å². The minimum atomic E-state index is -0.320. The molecule has 5 heteroatoms. The Morgan fingerprint density at radius 3 is 2.82 bits per heavy atom. The first kappa shape index (κ1) is 14.0. The molecule has 5 nitrogen and oxygen atoms in total. The zero-order valence-corrected chi connectivity index (χ0v) is 10.4. The quantitative estimate of drug-likeness (QED) is 0.640. The molecule has 0 aromatic rings. The Bertz CT molecular complexity index is 268. The van der Waals surface area contributed by atoms with Gasteiger partial charge in [0.2, 0.25) is 11.8 Å². The summed E-state index contributed by atoms with van der Waals surface area (Å²) in [5, 5.41) is 2.82. The lowest BCUT2D eigenvalue weighted by atomic mass is 10.0. The molecule has 0 spiro atoms. The van der Waals surface area contributed by atoms with Crippen LogP contribution in [-0.4, -0.2) is 31.1 Å². The summed E-state index contributed by atoms with van der Waals surface area (Å²) in [7, 11) is 0. The largest absolute Gasteiger partial charge is 0.372 e. The number of ether oxygens (including phenoxy) is 1. The molecular weight excluding hydrogens is 220 g/mol. The number of nitrogens with one attached hydrogen (secondary N) is 1. The van der Waals surface area contributed by atoms with Crippen LogP contribution in [0.2, 0.25) is 0 Å². The highest BCUT2D eigenvalue weighted by atomic mass is 16.5. The van der Waals surface area contributed by atoms with Crippen molar-refractivity contribution in [3.05, 3.63) is 0 Å². The fraction of sp³-hybridized carbons (Fsp3) is 0.833. The van der Waals surface area contributed by atoms with Gasteiger partial charge in [-0.2, -0.15) is 0 Å². The van der Waals surface area contributed by atoms with E-state index in [1.54, 1.807) is 0 Å². The summed E-state index contributed by atoms with van der Waals surface area (Å²) in [6, 6.07) is -0.102. The molecule has 0 heterocycles. The third-order valence-corrected chi connectivity index (χ3v) is 3.10. The van der Waals surface area contributed by atoms with Crippen LogP contribution in [0.3, 0.4) is 0 Å². The highest BCUT2D eigenvalue weighted by molar-refractivity contribution is 5.81. The first-order chi connectivity index (χ1) is 8.15. The molecule has 1 fully saturated rings. The lowest BCUT2D eigenvalue weighted by Crippen LogP contribution is -2.43. The molecule has 17 heavy (non-hydrogen) atoms. The average Bonchev–Trinajstić information content (AvgIpc) is 2.72. The minimum absolute atomic E-state index is 0.0714. The number of rotatable bonds is 7. The van der Waals surface area contributed by atoms with Crippen LogP contribution in [0.15, 0.2) is 0 Å². The van der Waals surface area contributed by atoms with E-state index in [4.69, 9.17) is 10.5 Å². The molecule has 2 amide bonds. The first-order valence-corrected chi connectivity index (χ1v) is 6.31. The molecule has 1 aliphatic carbocycles.